The monoisotopic (exact) mass is 372 g/mol. The molecule has 1 aliphatic heterocycles. The van der Waals surface area contributed by atoms with Gasteiger partial charge < -0.3 is 15.2 Å². The highest BCUT2D eigenvalue weighted by molar-refractivity contribution is 6.01. The minimum Gasteiger partial charge on any atom is -0.370 e. The Balaban J connectivity index is 1.28. The van der Waals surface area contributed by atoms with Gasteiger partial charge in [0, 0.05) is 36.6 Å². The summed E-state index contributed by atoms with van der Waals surface area (Å²) in [6.45, 7) is 1.88. The van der Waals surface area contributed by atoms with Crippen LogP contribution in [0.15, 0.2) is 54.7 Å². The average Bonchev–Trinajstić information content (AvgIpc) is 3.23. The molecule has 5 nitrogen and oxygen atoms in total. The molecule has 1 aromatic heterocycles. The number of nitrogens with zero attached hydrogens (tertiary/aromatic N) is 2. The van der Waals surface area contributed by atoms with E-state index in [4.69, 9.17) is 0 Å². The van der Waals surface area contributed by atoms with E-state index < -0.39 is 0 Å². The first-order valence-electron chi connectivity index (χ1n) is 9.84. The first-order chi connectivity index (χ1) is 13.7. The molecule has 0 unspecified atom stereocenters. The van der Waals surface area contributed by atoms with E-state index in [0.29, 0.717) is 12.3 Å². The van der Waals surface area contributed by atoms with E-state index in [1.165, 1.54) is 0 Å². The number of anilines is 2. The Labute approximate surface area is 165 Å². The fourth-order valence-corrected chi connectivity index (χ4v) is 4.05. The lowest BCUT2D eigenvalue weighted by atomic mass is 9.91. The molecule has 1 aliphatic rings. The topological polar surface area (TPSA) is 71.9 Å². The van der Waals surface area contributed by atoms with E-state index in [2.05, 4.69) is 21.3 Å². The van der Waals surface area contributed by atoms with Crippen LogP contribution in [0.4, 0.5) is 11.4 Å². The Morgan fingerprint density at radius 2 is 1.96 bits per heavy atom. The summed E-state index contributed by atoms with van der Waals surface area (Å²) in [6.07, 6.45) is 5.45. The van der Waals surface area contributed by atoms with Crippen molar-refractivity contribution in [3.8, 4) is 6.07 Å². The Morgan fingerprint density at radius 3 is 2.79 bits per heavy atom. The molecule has 0 saturated carbocycles. The highest BCUT2D eigenvalue weighted by Crippen LogP contribution is 2.28. The summed E-state index contributed by atoms with van der Waals surface area (Å²) in [5.74, 6) is 0.630. The van der Waals surface area contributed by atoms with Crippen molar-refractivity contribution >= 4 is 28.2 Å². The predicted octanol–water partition coefficient (Wildman–Crippen LogP) is 4.67. The second-order valence-electron chi connectivity index (χ2n) is 7.39. The van der Waals surface area contributed by atoms with Gasteiger partial charge in [-0.25, -0.2) is 0 Å². The van der Waals surface area contributed by atoms with Gasteiger partial charge in [-0.2, -0.15) is 5.26 Å². The second kappa shape index (κ2) is 8.18. The lowest BCUT2D eigenvalue weighted by Crippen LogP contribution is -2.34. The molecule has 3 aromatic rings. The summed E-state index contributed by atoms with van der Waals surface area (Å²) in [6, 6.07) is 17.9. The number of carbonyl (C=O) groups excluding carboxylic acids is 1. The van der Waals surface area contributed by atoms with Gasteiger partial charge in [-0.1, -0.05) is 18.2 Å². The first kappa shape index (κ1) is 18.1. The van der Waals surface area contributed by atoms with Crippen LogP contribution in [0.5, 0.6) is 0 Å². The van der Waals surface area contributed by atoms with Crippen LogP contribution in [0.2, 0.25) is 0 Å². The summed E-state index contributed by atoms with van der Waals surface area (Å²) in [5.41, 5.74) is 3.66. The van der Waals surface area contributed by atoms with Crippen LogP contribution in [-0.4, -0.2) is 24.0 Å². The van der Waals surface area contributed by atoms with Crippen LogP contribution in [0.25, 0.3) is 10.9 Å². The van der Waals surface area contributed by atoms with E-state index in [1.807, 2.05) is 54.7 Å². The predicted molar refractivity (Wildman–Crippen MR) is 112 cm³/mol. The molecule has 5 heteroatoms. The molecule has 0 spiro atoms. The van der Waals surface area contributed by atoms with Crippen LogP contribution in [-0.2, 0) is 4.79 Å². The molecule has 2 heterocycles. The molecule has 142 valence electrons. The summed E-state index contributed by atoms with van der Waals surface area (Å²) in [7, 11) is 0. The highest BCUT2D eigenvalue weighted by Gasteiger charge is 2.21. The van der Waals surface area contributed by atoms with Crippen molar-refractivity contribution in [2.45, 2.75) is 25.7 Å². The van der Waals surface area contributed by atoms with Crippen molar-refractivity contribution in [1.82, 2.24) is 4.98 Å². The molecular formula is C23H24N4O. The van der Waals surface area contributed by atoms with Crippen LogP contribution >= 0.6 is 0 Å². The van der Waals surface area contributed by atoms with E-state index in [-0.39, 0.29) is 5.91 Å². The number of nitriles is 1. The van der Waals surface area contributed by atoms with Gasteiger partial charge in [0.25, 0.3) is 0 Å². The number of benzene rings is 2. The van der Waals surface area contributed by atoms with Crippen molar-refractivity contribution in [2.75, 3.05) is 23.3 Å². The molecule has 1 amide bonds. The smallest absolute Gasteiger partial charge is 0.224 e. The van der Waals surface area contributed by atoms with Crippen LogP contribution in [0.3, 0.4) is 0 Å². The highest BCUT2D eigenvalue weighted by atomic mass is 16.1. The molecule has 1 fully saturated rings. The molecule has 0 bridgehead atoms. The third kappa shape index (κ3) is 3.86. The number of fused-ring (bicyclic) bond motifs is 1. The summed E-state index contributed by atoms with van der Waals surface area (Å²) < 4.78 is 0. The number of piperidine rings is 1. The number of H-pyrrole nitrogens is 1. The Bertz CT molecular complexity index is 1010. The van der Waals surface area contributed by atoms with Gasteiger partial charge in [0.15, 0.2) is 0 Å². The van der Waals surface area contributed by atoms with Gasteiger partial charge in [-0.05, 0) is 55.5 Å². The third-order valence-electron chi connectivity index (χ3n) is 5.63. The molecule has 0 aliphatic carbocycles. The van der Waals surface area contributed by atoms with E-state index >= 15 is 0 Å². The van der Waals surface area contributed by atoms with Gasteiger partial charge in [0.05, 0.1) is 16.9 Å². The quantitative estimate of drug-likeness (QED) is 0.683. The molecule has 2 aromatic carbocycles. The number of amides is 1. The Hall–Kier alpha value is -3.26. The van der Waals surface area contributed by atoms with E-state index in [1.54, 1.807) is 0 Å². The maximum atomic E-state index is 12.4. The molecule has 4 rings (SSSR count). The largest absolute Gasteiger partial charge is 0.370 e. The molecule has 0 atom stereocenters. The third-order valence-corrected chi connectivity index (χ3v) is 5.63. The second-order valence-corrected chi connectivity index (χ2v) is 7.39. The zero-order valence-corrected chi connectivity index (χ0v) is 15.8. The summed E-state index contributed by atoms with van der Waals surface area (Å²) in [4.78, 5) is 17.9. The van der Waals surface area contributed by atoms with Crippen molar-refractivity contribution in [3.05, 3.63) is 60.3 Å². The number of hydrogen-bond acceptors (Lipinski definition) is 3. The lowest BCUT2D eigenvalue weighted by Gasteiger charge is -2.34. The van der Waals surface area contributed by atoms with Gasteiger partial charge in [-0.15, -0.1) is 0 Å². The van der Waals surface area contributed by atoms with Crippen LogP contribution in [0.1, 0.15) is 31.2 Å². The normalized spacial score (nSPS) is 14.8. The minimum absolute atomic E-state index is 0.0750. The van der Waals surface area contributed by atoms with Gasteiger partial charge in [0.1, 0.15) is 6.07 Å². The molecular weight excluding hydrogens is 348 g/mol. The van der Waals surface area contributed by atoms with Crippen LogP contribution < -0.4 is 10.2 Å². The molecule has 2 N–H and O–H groups in total. The van der Waals surface area contributed by atoms with Crippen molar-refractivity contribution < 1.29 is 4.79 Å². The van der Waals surface area contributed by atoms with Crippen molar-refractivity contribution in [2.24, 2.45) is 5.92 Å². The standard InChI is InChI=1S/C23H24N4O/c24-16-18-4-1-2-7-22(18)27-14-11-17(12-15-27)8-9-23(28)26-21-6-3-5-20-19(21)10-13-25-20/h1-7,10,13,17,25H,8-9,11-12,14-15H2,(H,26,28). The maximum Gasteiger partial charge on any atom is 0.224 e. The SMILES string of the molecule is N#Cc1ccccc1N1CCC(CCC(=O)Nc2cccc3[nH]ccc23)CC1. The first-order valence-corrected chi connectivity index (χ1v) is 9.84. The number of hydrogen-bond donors (Lipinski definition) is 2. The zero-order valence-electron chi connectivity index (χ0n) is 15.8. The number of para-hydroxylation sites is 1. The average molecular weight is 372 g/mol. The summed E-state index contributed by atoms with van der Waals surface area (Å²) in [5, 5.41) is 13.4. The number of carbonyl (C=O) groups is 1. The fraction of sp³-hybridized carbons (Fsp3) is 0.304. The van der Waals surface area contributed by atoms with Gasteiger partial charge in [0.2, 0.25) is 5.91 Å². The number of nitrogens with one attached hydrogen (secondary N) is 2. The maximum absolute atomic E-state index is 12.4. The zero-order chi connectivity index (χ0) is 19.3. The van der Waals surface area contributed by atoms with Gasteiger partial charge >= 0.3 is 0 Å². The molecule has 1 saturated heterocycles. The van der Waals surface area contributed by atoms with Crippen molar-refractivity contribution in [3.63, 3.8) is 0 Å². The lowest BCUT2D eigenvalue weighted by molar-refractivity contribution is -0.116. The van der Waals surface area contributed by atoms with Crippen molar-refractivity contribution in [1.29, 1.82) is 5.26 Å². The van der Waals surface area contributed by atoms with E-state index in [9.17, 15) is 10.1 Å². The van der Waals surface area contributed by atoms with E-state index in [0.717, 1.165) is 60.2 Å². The van der Waals surface area contributed by atoms with Crippen LogP contribution in [0, 0.1) is 17.2 Å². The number of aromatic nitrogens is 1. The number of aromatic amines is 1. The fourth-order valence-electron chi connectivity index (χ4n) is 4.05. The summed E-state index contributed by atoms with van der Waals surface area (Å²) >= 11 is 0. The minimum atomic E-state index is 0.0750. The Kier molecular flexibility index (Phi) is 5.29. The molecule has 28 heavy (non-hydrogen) atoms. The Morgan fingerprint density at radius 1 is 1.14 bits per heavy atom. The number of rotatable bonds is 5. The van der Waals surface area contributed by atoms with Gasteiger partial charge in [-0.3, -0.25) is 4.79 Å². The molecule has 0 radical (unpaired) electrons.